The van der Waals surface area contributed by atoms with E-state index in [4.69, 9.17) is 9.47 Å². The highest BCUT2D eigenvalue weighted by Gasteiger charge is 2.43. The van der Waals surface area contributed by atoms with E-state index in [9.17, 15) is 13.6 Å². The summed E-state index contributed by atoms with van der Waals surface area (Å²) in [4.78, 5) is 15.8. The highest BCUT2D eigenvalue weighted by molar-refractivity contribution is 5.77. The maximum absolute atomic E-state index is 12.8. The lowest BCUT2D eigenvalue weighted by atomic mass is 9.88. The second kappa shape index (κ2) is 8.08. The van der Waals surface area contributed by atoms with E-state index in [2.05, 4.69) is 11.0 Å². The van der Waals surface area contributed by atoms with Crippen LogP contribution in [0.3, 0.4) is 0 Å². The molecule has 1 saturated carbocycles. The molecule has 3 aliphatic heterocycles. The van der Waals surface area contributed by atoms with Crippen molar-refractivity contribution in [1.29, 1.82) is 0 Å². The summed E-state index contributed by atoms with van der Waals surface area (Å²) in [7, 11) is 0. The third kappa shape index (κ3) is 3.94. The lowest BCUT2D eigenvalue weighted by Crippen LogP contribution is -2.54. The van der Waals surface area contributed by atoms with Crippen LogP contribution in [0.25, 0.3) is 0 Å². The van der Waals surface area contributed by atoms with Crippen molar-refractivity contribution in [3.8, 4) is 5.75 Å². The maximum Gasteiger partial charge on any atom is 0.255 e. The summed E-state index contributed by atoms with van der Waals surface area (Å²) in [6, 6.07) is 6.86. The molecule has 3 heterocycles. The molecule has 30 heavy (non-hydrogen) atoms. The van der Waals surface area contributed by atoms with Gasteiger partial charge in [0, 0.05) is 56.4 Å². The molecule has 2 saturated heterocycles. The van der Waals surface area contributed by atoms with Crippen LogP contribution in [0, 0.1) is 0 Å². The van der Waals surface area contributed by atoms with Gasteiger partial charge < -0.3 is 14.4 Å². The number of carbonyl (C=O) groups is 1. The third-order valence-corrected chi connectivity index (χ3v) is 7.35. The fraction of sp³-hybridized carbons (Fsp3) is 0.696. The standard InChI is InChI=1S/C23H30F2N2O3/c24-21(25)14-27-13-17(5-7-22(27)28)16-4-6-20-18(12-16)15-29-23(30-20)8-10-26(11-9-23)19-2-1-3-19/h4,6,12,17,19,21H,1-3,5,7-11,13-15H2. The molecule has 1 aromatic carbocycles. The van der Waals surface area contributed by atoms with Crippen molar-refractivity contribution >= 4 is 5.91 Å². The molecule has 0 N–H and O–H groups in total. The van der Waals surface area contributed by atoms with E-state index in [1.54, 1.807) is 0 Å². The molecule has 0 bridgehead atoms. The van der Waals surface area contributed by atoms with Crippen LogP contribution < -0.4 is 4.74 Å². The molecule has 0 aromatic heterocycles. The Hall–Kier alpha value is -1.73. The number of carbonyl (C=O) groups excluding carboxylic acids is 1. The molecule has 5 rings (SSSR count). The van der Waals surface area contributed by atoms with E-state index in [0.717, 1.165) is 48.8 Å². The molecule has 1 spiro atoms. The predicted molar refractivity (Wildman–Crippen MR) is 108 cm³/mol. The van der Waals surface area contributed by atoms with E-state index in [1.807, 2.05) is 12.1 Å². The molecular weight excluding hydrogens is 390 g/mol. The maximum atomic E-state index is 12.8. The second-order valence-electron chi connectivity index (χ2n) is 9.21. The molecule has 1 unspecified atom stereocenters. The Morgan fingerprint density at radius 1 is 1.17 bits per heavy atom. The van der Waals surface area contributed by atoms with E-state index in [1.165, 1.54) is 24.2 Å². The first kappa shape index (κ1) is 20.2. The summed E-state index contributed by atoms with van der Waals surface area (Å²) in [6.45, 7) is 2.43. The van der Waals surface area contributed by atoms with Gasteiger partial charge in [0.1, 0.15) is 5.75 Å². The van der Waals surface area contributed by atoms with E-state index in [-0.39, 0.29) is 11.8 Å². The zero-order valence-electron chi connectivity index (χ0n) is 17.3. The van der Waals surface area contributed by atoms with Gasteiger partial charge in [-0.2, -0.15) is 0 Å². The average molecular weight is 421 g/mol. The smallest absolute Gasteiger partial charge is 0.255 e. The fourth-order valence-corrected chi connectivity index (χ4v) is 5.26. The summed E-state index contributed by atoms with van der Waals surface area (Å²) in [6.07, 6.45) is 4.29. The molecule has 1 atom stereocenters. The Labute approximate surface area is 176 Å². The van der Waals surface area contributed by atoms with Crippen molar-refractivity contribution in [3.63, 3.8) is 0 Å². The van der Waals surface area contributed by atoms with Gasteiger partial charge in [-0.25, -0.2) is 8.78 Å². The minimum absolute atomic E-state index is 0.0772. The van der Waals surface area contributed by atoms with Crippen molar-refractivity contribution in [2.45, 2.75) is 75.7 Å². The Balaban J connectivity index is 1.24. The number of likely N-dealkylation sites (tertiary alicyclic amines) is 2. The van der Waals surface area contributed by atoms with Crippen molar-refractivity contribution < 1.29 is 23.0 Å². The minimum Gasteiger partial charge on any atom is -0.462 e. The van der Waals surface area contributed by atoms with Crippen LogP contribution in [0.5, 0.6) is 5.75 Å². The predicted octanol–water partition coefficient (Wildman–Crippen LogP) is 3.91. The minimum atomic E-state index is -2.50. The number of alkyl halides is 2. The molecule has 1 aliphatic carbocycles. The van der Waals surface area contributed by atoms with Crippen LogP contribution in [0.2, 0.25) is 0 Å². The number of ether oxygens (including phenoxy) is 2. The van der Waals surface area contributed by atoms with Crippen LogP contribution in [0.1, 0.15) is 62.0 Å². The van der Waals surface area contributed by atoms with Gasteiger partial charge in [0.25, 0.3) is 6.43 Å². The zero-order valence-corrected chi connectivity index (χ0v) is 17.3. The van der Waals surface area contributed by atoms with Gasteiger partial charge in [0.05, 0.1) is 13.2 Å². The van der Waals surface area contributed by atoms with Gasteiger partial charge in [0.15, 0.2) is 0 Å². The van der Waals surface area contributed by atoms with E-state index >= 15 is 0 Å². The highest BCUT2D eigenvalue weighted by atomic mass is 19.3. The number of fused-ring (bicyclic) bond motifs is 1. The Morgan fingerprint density at radius 2 is 1.97 bits per heavy atom. The number of piperidine rings is 2. The monoisotopic (exact) mass is 420 g/mol. The molecule has 3 fully saturated rings. The Morgan fingerprint density at radius 3 is 2.67 bits per heavy atom. The fourth-order valence-electron chi connectivity index (χ4n) is 5.26. The number of nitrogens with zero attached hydrogens (tertiary/aromatic N) is 2. The van der Waals surface area contributed by atoms with Crippen LogP contribution in [-0.4, -0.2) is 60.1 Å². The van der Waals surface area contributed by atoms with Gasteiger partial charge in [-0.3, -0.25) is 9.69 Å². The Bertz CT molecular complexity index is 791. The number of benzene rings is 1. The van der Waals surface area contributed by atoms with Gasteiger partial charge in [-0.15, -0.1) is 0 Å². The molecular formula is C23H30F2N2O3. The first-order chi connectivity index (χ1) is 14.5. The highest BCUT2D eigenvalue weighted by Crippen LogP contribution is 2.40. The summed E-state index contributed by atoms with van der Waals surface area (Å²) in [5.74, 6) is 0.262. The molecule has 1 amide bonds. The van der Waals surface area contributed by atoms with Crippen LogP contribution in [0.4, 0.5) is 8.78 Å². The first-order valence-corrected chi connectivity index (χ1v) is 11.3. The van der Waals surface area contributed by atoms with Crippen molar-refractivity contribution in [1.82, 2.24) is 9.80 Å². The molecule has 4 aliphatic rings. The SMILES string of the molecule is O=C1CCC(c2ccc3c(c2)COC2(CCN(C4CCC4)CC2)O3)CN1CC(F)F. The zero-order chi connectivity index (χ0) is 20.7. The quantitative estimate of drug-likeness (QED) is 0.741. The summed E-state index contributed by atoms with van der Waals surface area (Å²) >= 11 is 0. The first-order valence-electron chi connectivity index (χ1n) is 11.3. The molecule has 7 heteroatoms. The molecule has 1 aromatic rings. The van der Waals surface area contributed by atoms with Crippen molar-refractivity contribution in [2.75, 3.05) is 26.2 Å². The van der Waals surface area contributed by atoms with Gasteiger partial charge >= 0.3 is 0 Å². The number of halogens is 2. The Kier molecular flexibility index (Phi) is 5.44. The third-order valence-electron chi connectivity index (χ3n) is 7.35. The summed E-state index contributed by atoms with van der Waals surface area (Å²) < 4.78 is 38.2. The number of hydrogen-bond acceptors (Lipinski definition) is 4. The summed E-state index contributed by atoms with van der Waals surface area (Å²) in [5.41, 5.74) is 2.08. The molecule has 0 radical (unpaired) electrons. The van der Waals surface area contributed by atoms with Crippen molar-refractivity contribution in [2.24, 2.45) is 0 Å². The lowest BCUT2D eigenvalue weighted by Gasteiger charge is -2.47. The number of rotatable bonds is 4. The van der Waals surface area contributed by atoms with E-state index in [0.29, 0.717) is 26.0 Å². The lowest BCUT2D eigenvalue weighted by molar-refractivity contribution is -0.231. The van der Waals surface area contributed by atoms with Gasteiger partial charge in [-0.1, -0.05) is 12.5 Å². The van der Waals surface area contributed by atoms with Crippen molar-refractivity contribution in [3.05, 3.63) is 29.3 Å². The van der Waals surface area contributed by atoms with Gasteiger partial charge in [-0.05, 0) is 37.0 Å². The topological polar surface area (TPSA) is 42.0 Å². The second-order valence-corrected chi connectivity index (χ2v) is 9.21. The largest absolute Gasteiger partial charge is 0.462 e. The molecule has 5 nitrogen and oxygen atoms in total. The van der Waals surface area contributed by atoms with Crippen LogP contribution >= 0.6 is 0 Å². The normalized spacial score (nSPS) is 27.1. The van der Waals surface area contributed by atoms with Crippen LogP contribution in [-0.2, 0) is 16.1 Å². The molecule has 164 valence electrons. The average Bonchev–Trinajstić information content (AvgIpc) is 2.69. The summed E-state index contributed by atoms with van der Waals surface area (Å²) in [5, 5.41) is 0. The van der Waals surface area contributed by atoms with Gasteiger partial charge in [0.2, 0.25) is 11.7 Å². The number of hydrogen-bond donors (Lipinski definition) is 0. The van der Waals surface area contributed by atoms with Crippen LogP contribution in [0.15, 0.2) is 18.2 Å². The van der Waals surface area contributed by atoms with E-state index < -0.39 is 18.8 Å². The number of amides is 1.